The Bertz CT molecular complexity index is 1110. The fraction of sp³-hybridized carbons (Fsp3) is 0.533. The summed E-state index contributed by atoms with van der Waals surface area (Å²) in [6.07, 6.45) is 0. The smallest absolute Gasteiger partial charge is 0.319 e. The van der Waals surface area contributed by atoms with Gasteiger partial charge in [0.15, 0.2) is 0 Å². The van der Waals surface area contributed by atoms with Crippen LogP contribution in [0.15, 0.2) is 47.8 Å². The second-order valence-corrected chi connectivity index (χ2v) is 11.6. The Kier molecular flexibility index (Phi) is 6.89. The number of hydrogen-bond acceptors (Lipinski definition) is 2. The van der Waals surface area contributed by atoms with E-state index in [0.717, 1.165) is 9.80 Å². The number of rotatable bonds is 6. The van der Waals surface area contributed by atoms with Crippen molar-refractivity contribution in [3.8, 4) is 0 Å². The Morgan fingerprint density at radius 3 is 1.03 bits per heavy atom. The minimum absolute atomic E-state index is 0.160. The second kappa shape index (κ2) is 9.23. The fourth-order valence-electron chi connectivity index (χ4n) is 5.68. The number of anilines is 2. The van der Waals surface area contributed by atoms with Gasteiger partial charge >= 0.3 is 17.8 Å². The summed E-state index contributed by atoms with van der Waals surface area (Å²) in [7, 11) is 0. The lowest BCUT2D eigenvalue weighted by molar-refractivity contribution is -0.266. The predicted octanol–water partition coefficient (Wildman–Crippen LogP) is 9.60. The molecule has 0 radical (unpaired) electrons. The normalized spacial score (nSPS) is 20.1. The summed E-state index contributed by atoms with van der Waals surface area (Å²) in [6, 6.07) is 10.6. The van der Waals surface area contributed by atoms with Gasteiger partial charge in [0, 0.05) is 11.4 Å². The lowest BCUT2D eigenvalue weighted by Gasteiger charge is -2.38. The van der Waals surface area contributed by atoms with Crippen molar-refractivity contribution in [3.63, 3.8) is 0 Å². The molecule has 2 aromatic rings. The van der Waals surface area contributed by atoms with Crippen LogP contribution in [-0.2, 0) is 0 Å². The third-order valence-corrected chi connectivity index (χ3v) is 7.66. The van der Waals surface area contributed by atoms with Crippen LogP contribution in [0.3, 0.4) is 0 Å². The van der Waals surface area contributed by atoms with Gasteiger partial charge in [-0.15, -0.1) is 0 Å². The summed E-state index contributed by atoms with van der Waals surface area (Å²) in [4.78, 5) is 2.08. The van der Waals surface area contributed by atoms with E-state index in [4.69, 9.17) is 0 Å². The summed E-state index contributed by atoms with van der Waals surface area (Å²) in [6.45, 7) is 14.5. The van der Waals surface area contributed by atoms with Crippen molar-refractivity contribution in [2.75, 3.05) is 16.5 Å². The van der Waals surface area contributed by atoms with Crippen LogP contribution >= 0.6 is 0 Å². The van der Waals surface area contributed by atoms with Gasteiger partial charge in [0.1, 0.15) is 11.4 Å². The Morgan fingerprint density at radius 2 is 0.789 bits per heavy atom. The van der Waals surface area contributed by atoms with Crippen LogP contribution in [0.5, 0.6) is 0 Å². The molecule has 0 N–H and O–H groups in total. The predicted molar refractivity (Wildman–Crippen MR) is 141 cm³/mol. The SMILES string of the molecule is CC(C)c1cccc(C(C)C)c1N1CN(c2c(C(C)C)cccc2C(C)C)C2=C1C(F)(F)C(F)(F)C2(F)F. The first kappa shape index (κ1) is 28.4. The summed E-state index contributed by atoms with van der Waals surface area (Å²) >= 11 is 0. The summed E-state index contributed by atoms with van der Waals surface area (Å²) in [5.41, 5.74) is 0.538. The number of nitrogens with zero attached hydrogens (tertiary/aromatic N) is 2. The van der Waals surface area contributed by atoms with Crippen molar-refractivity contribution in [1.82, 2.24) is 0 Å². The Labute approximate surface area is 221 Å². The zero-order valence-electron chi connectivity index (χ0n) is 23.1. The van der Waals surface area contributed by atoms with Crippen LogP contribution in [0.1, 0.15) is 101 Å². The Balaban J connectivity index is 2.12. The van der Waals surface area contributed by atoms with E-state index in [9.17, 15) is 0 Å². The maximum absolute atomic E-state index is 15.6. The van der Waals surface area contributed by atoms with E-state index in [1.807, 2.05) is 55.4 Å². The molecule has 0 fully saturated rings. The molecule has 1 aliphatic heterocycles. The van der Waals surface area contributed by atoms with E-state index in [0.29, 0.717) is 33.6 Å². The van der Waals surface area contributed by atoms with Crippen molar-refractivity contribution >= 4 is 11.4 Å². The zero-order chi connectivity index (χ0) is 28.5. The van der Waals surface area contributed by atoms with E-state index in [-0.39, 0.29) is 23.7 Å². The molecule has 0 amide bonds. The average Bonchev–Trinajstić information content (AvgIpc) is 3.27. The topological polar surface area (TPSA) is 6.48 Å². The van der Waals surface area contributed by atoms with Crippen LogP contribution in [0.4, 0.5) is 37.7 Å². The molecule has 0 saturated carbocycles. The second-order valence-electron chi connectivity index (χ2n) is 11.6. The lowest BCUT2D eigenvalue weighted by Crippen LogP contribution is -2.54. The van der Waals surface area contributed by atoms with Gasteiger partial charge in [0.2, 0.25) is 0 Å². The van der Waals surface area contributed by atoms with Gasteiger partial charge in [-0.3, -0.25) is 0 Å². The highest BCUT2D eigenvalue weighted by atomic mass is 19.3. The number of allylic oxidation sites excluding steroid dienone is 2. The van der Waals surface area contributed by atoms with E-state index in [1.54, 1.807) is 36.4 Å². The molecule has 0 bridgehead atoms. The molecule has 1 heterocycles. The quantitative estimate of drug-likeness (QED) is 0.338. The highest BCUT2D eigenvalue weighted by Gasteiger charge is 2.83. The molecule has 0 spiro atoms. The number of benzene rings is 2. The molecular weight excluding hydrogens is 502 g/mol. The molecule has 0 saturated heterocycles. The molecule has 2 aliphatic rings. The minimum atomic E-state index is -5.59. The summed E-state index contributed by atoms with van der Waals surface area (Å²) in [5, 5.41) is 0. The van der Waals surface area contributed by atoms with Crippen LogP contribution in [-0.4, -0.2) is 24.4 Å². The maximum atomic E-state index is 15.6. The largest absolute Gasteiger partial charge is 0.383 e. The number of halogens is 6. The Hall–Kier alpha value is -2.64. The Morgan fingerprint density at radius 1 is 0.526 bits per heavy atom. The average molecular weight is 539 g/mol. The van der Waals surface area contributed by atoms with E-state index in [1.165, 1.54) is 0 Å². The van der Waals surface area contributed by atoms with Gasteiger partial charge < -0.3 is 9.80 Å². The van der Waals surface area contributed by atoms with Crippen molar-refractivity contribution in [3.05, 3.63) is 70.0 Å². The lowest BCUT2D eigenvalue weighted by atomic mass is 9.91. The van der Waals surface area contributed by atoms with Crippen LogP contribution in [0.2, 0.25) is 0 Å². The van der Waals surface area contributed by atoms with Crippen molar-refractivity contribution in [1.29, 1.82) is 0 Å². The molecule has 0 aromatic heterocycles. The van der Waals surface area contributed by atoms with E-state index < -0.39 is 35.8 Å². The molecule has 1 aliphatic carbocycles. The first-order valence-corrected chi connectivity index (χ1v) is 13.2. The first-order chi connectivity index (χ1) is 17.5. The van der Waals surface area contributed by atoms with Gasteiger partial charge in [-0.25, -0.2) is 0 Å². The van der Waals surface area contributed by atoms with E-state index in [2.05, 4.69) is 0 Å². The van der Waals surface area contributed by atoms with Gasteiger partial charge in [-0.2, -0.15) is 26.3 Å². The zero-order valence-corrected chi connectivity index (χ0v) is 23.1. The van der Waals surface area contributed by atoms with Crippen LogP contribution in [0.25, 0.3) is 0 Å². The standard InChI is InChI=1S/C30H36F6N2/c1-16(2)20-11-9-12-21(17(3)4)24(20)37-15-38(25-22(18(5)6)13-10-14-23(25)19(7)8)27-26(37)28(31,32)30(35,36)29(27,33)34/h9-14,16-19H,15H2,1-8H3. The number of alkyl halides is 6. The molecule has 2 nitrogen and oxygen atoms in total. The number of hydrogen-bond donors (Lipinski definition) is 0. The summed E-state index contributed by atoms with van der Waals surface area (Å²) < 4.78 is 92.6. The van der Waals surface area contributed by atoms with Crippen molar-refractivity contribution in [2.45, 2.75) is 96.8 Å². The van der Waals surface area contributed by atoms with Crippen molar-refractivity contribution in [2.24, 2.45) is 0 Å². The first-order valence-electron chi connectivity index (χ1n) is 13.2. The van der Waals surface area contributed by atoms with Crippen LogP contribution < -0.4 is 9.80 Å². The van der Waals surface area contributed by atoms with Gasteiger partial charge in [-0.05, 0) is 45.9 Å². The molecule has 2 aromatic carbocycles. The molecular formula is C30H36F6N2. The van der Waals surface area contributed by atoms with Crippen molar-refractivity contribution < 1.29 is 26.3 Å². The fourth-order valence-corrected chi connectivity index (χ4v) is 5.68. The van der Waals surface area contributed by atoms with Gasteiger partial charge in [-0.1, -0.05) is 91.8 Å². The molecule has 8 heteroatoms. The molecule has 0 unspecified atom stereocenters. The monoisotopic (exact) mass is 538 g/mol. The third-order valence-electron chi connectivity index (χ3n) is 7.66. The minimum Gasteiger partial charge on any atom is -0.319 e. The molecule has 208 valence electrons. The molecule has 0 atom stereocenters. The van der Waals surface area contributed by atoms with Gasteiger partial charge in [0.05, 0.1) is 6.67 Å². The molecule has 4 rings (SSSR count). The highest BCUT2D eigenvalue weighted by Crippen LogP contribution is 2.64. The molecule has 38 heavy (non-hydrogen) atoms. The van der Waals surface area contributed by atoms with E-state index >= 15 is 26.3 Å². The summed E-state index contributed by atoms with van der Waals surface area (Å²) in [5.74, 6) is -16.4. The maximum Gasteiger partial charge on any atom is 0.383 e. The number of para-hydroxylation sites is 2. The van der Waals surface area contributed by atoms with Crippen LogP contribution in [0, 0.1) is 0 Å². The van der Waals surface area contributed by atoms with Gasteiger partial charge in [0.25, 0.3) is 0 Å². The third kappa shape index (κ3) is 3.84. The highest BCUT2D eigenvalue weighted by molar-refractivity contribution is 5.77.